The summed E-state index contributed by atoms with van der Waals surface area (Å²) >= 11 is 0. The summed E-state index contributed by atoms with van der Waals surface area (Å²) in [4.78, 5) is 11.9. The Morgan fingerprint density at radius 1 is 1.04 bits per heavy atom. The molecule has 0 aromatic heterocycles. The molecule has 3 rings (SSSR count). The number of ether oxygens (including phenoxy) is 1. The first-order chi connectivity index (χ1) is 11.9. The predicted octanol–water partition coefficient (Wildman–Crippen LogP) is 4.11. The largest absolute Gasteiger partial charge is 0.412 e. The molecular weight excluding hydrogens is 331 g/mol. The third-order valence-corrected chi connectivity index (χ3v) is 4.16. The van der Waals surface area contributed by atoms with Crippen molar-refractivity contribution >= 4 is 5.91 Å². The van der Waals surface area contributed by atoms with E-state index in [4.69, 9.17) is 4.74 Å². The molecule has 1 N–H and O–H groups in total. The maximum atomic E-state index is 13.4. The minimum atomic E-state index is -4.56. The summed E-state index contributed by atoms with van der Waals surface area (Å²) in [7, 11) is 0. The Balaban J connectivity index is 1.75. The maximum absolute atomic E-state index is 13.4. The molecule has 0 aliphatic carbocycles. The highest BCUT2D eigenvalue weighted by molar-refractivity contribution is 5.77. The molecule has 1 fully saturated rings. The first-order valence-corrected chi connectivity index (χ1v) is 8.02. The molecule has 1 atom stereocenters. The van der Waals surface area contributed by atoms with Crippen molar-refractivity contribution in [2.24, 2.45) is 5.92 Å². The van der Waals surface area contributed by atoms with E-state index < -0.39 is 18.1 Å². The van der Waals surface area contributed by atoms with Crippen LogP contribution < -0.4 is 5.32 Å². The Morgan fingerprint density at radius 2 is 1.64 bits per heavy atom. The number of alkyl halides is 3. The fourth-order valence-electron chi connectivity index (χ4n) is 2.74. The molecule has 1 aliphatic rings. The number of hydrogen-bond donors (Lipinski definition) is 1. The highest BCUT2D eigenvalue weighted by Gasteiger charge is 2.42. The molecule has 0 spiro atoms. The number of halogens is 3. The van der Waals surface area contributed by atoms with E-state index in [1.165, 1.54) is 12.1 Å². The summed E-state index contributed by atoms with van der Waals surface area (Å²) in [6, 6.07) is 13.5. The fourth-order valence-corrected chi connectivity index (χ4v) is 2.74. The van der Waals surface area contributed by atoms with Crippen LogP contribution in [0.3, 0.4) is 0 Å². The van der Waals surface area contributed by atoms with Crippen LogP contribution in [-0.4, -0.2) is 25.3 Å². The molecule has 0 radical (unpaired) electrons. The summed E-state index contributed by atoms with van der Waals surface area (Å²) in [5.41, 5.74) is 1.76. The van der Waals surface area contributed by atoms with Gasteiger partial charge in [-0.2, -0.15) is 13.2 Å². The van der Waals surface area contributed by atoms with Crippen LogP contribution in [-0.2, 0) is 9.53 Å². The summed E-state index contributed by atoms with van der Waals surface area (Å²) in [6.45, 7) is 0.853. The fraction of sp³-hybridized carbons (Fsp3) is 0.316. The molecule has 2 aromatic carbocycles. The maximum Gasteiger partial charge on any atom is 0.412 e. The standard InChI is InChI=1S/C19H18F3NO2/c20-19(21,22)18(23-17(24)10-13-11-25-12-13)16-8-6-15(7-9-16)14-4-2-1-3-5-14/h1-9,13,18H,10-12H2,(H,23,24). The molecule has 1 amide bonds. The van der Waals surface area contributed by atoms with Gasteiger partial charge in [0, 0.05) is 12.3 Å². The molecule has 132 valence electrons. The van der Waals surface area contributed by atoms with Crippen molar-refractivity contribution in [1.29, 1.82) is 0 Å². The minimum Gasteiger partial charge on any atom is -0.381 e. The minimum absolute atomic E-state index is 0.00865. The molecule has 0 bridgehead atoms. The normalized spacial score (nSPS) is 16.1. The Kier molecular flexibility index (Phi) is 5.08. The Bertz CT molecular complexity index is 710. The van der Waals surface area contributed by atoms with Gasteiger partial charge in [-0.1, -0.05) is 54.6 Å². The average Bonchev–Trinajstić information content (AvgIpc) is 2.56. The van der Waals surface area contributed by atoms with Crippen LogP contribution in [0.2, 0.25) is 0 Å². The number of nitrogens with one attached hydrogen (secondary N) is 1. The zero-order valence-electron chi connectivity index (χ0n) is 13.4. The van der Waals surface area contributed by atoms with Crippen molar-refractivity contribution in [2.75, 3.05) is 13.2 Å². The van der Waals surface area contributed by atoms with E-state index in [9.17, 15) is 18.0 Å². The first-order valence-electron chi connectivity index (χ1n) is 8.02. The Hall–Kier alpha value is -2.34. The second kappa shape index (κ2) is 7.27. The van der Waals surface area contributed by atoms with Gasteiger partial charge < -0.3 is 10.1 Å². The van der Waals surface area contributed by atoms with Gasteiger partial charge in [0.1, 0.15) is 0 Å². The predicted molar refractivity (Wildman–Crippen MR) is 87.7 cm³/mol. The average molecular weight is 349 g/mol. The van der Waals surface area contributed by atoms with Crippen LogP contribution in [0.5, 0.6) is 0 Å². The number of carbonyl (C=O) groups excluding carboxylic acids is 1. The van der Waals surface area contributed by atoms with E-state index in [-0.39, 0.29) is 17.9 Å². The van der Waals surface area contributed by atoms with Crippen molar-refractivity contribution in [3.8, 4) is 11.1 Å². The van der Waals surface area contributed by atoms with Crippen molar-refractivity contribution in [2.45, 2.75) is 18.6 Å². The molecule has 2 aromatic rings. The van der Waals surface area contributed by atoms with Crippen LogP contribution in [0.1, 0.15) is 18.0 Å². The van der Waals surface area contributed by atoms with Crippen LogP contribution in [0.15, 0.2) is 54.6 Å². The van der Waals surface area contributed by atoms with Gasteiger partial charge in [0.05, 0.1) is 13.2 Å². The van der Waals surface area contributed by atoms with E-state index >= 15 is 0 Å². The topological polar surface area (TPSA) is 38.3 Å². The Labute approximate surface area is 143 Å². The monoisotopic (exact) mass is 349 g/mol. The number of benzene rings is 2. The van der Waals surface area contributed by atoms with Crippen LogP contribution in [0.4, 0.5) is 13.2 Å². The van der Waals surface area contributed by atoms with Gasteiger partial charge in [0.2, 0.25) is 5.91 Å². The zero-order valence-corrected chi connectivity index (χ0v) is 13.4. The SMILES string of the molecule is O=C(CC1COC1)NC(c1ccc(-c2ccccc2)cc1)C(F)(F)F. The molecule has 1 heterocycles. The molecule has 3 nitrogen and oxygen atoms in total. The van der Waals surface area contributed by atoms with Crippen molar-refractivity contribution < 1.29 is 22.7 Å². The lowest BCUT2D eigenvalue weighted by atomic mass is 9.99. The highest BCUT2D eigenvalue weighted by atomic mass is 19.4. The molecule has 1 unspecified atom stereocenters. The lowest BCUT2D eigenvalue weighted by Gasteiger charge is -2.27. The van der Waals surface area contributed by atoms with Crippen molar-refractivity contribution in [3.63, 3.8) is 0 Å². The van der Waals surface area contributed by atoms with E-state index in [2.05, 4.69) is 5.32 Å². The number of carbonyl (C=O) groups is 1. The van der Waals surface area contributed by atoms with E-state index in [1.54, 1.807) is 12.1 Å². The van der Waals surface area contributed by atoms with Gasteiger partial charge in [0.15, 0.2) is 6.04 Å². The second-order valence-electron chi connectivity index (χ2n) is 6.14. The van der Waals surface area contributed by atoms with Gasteiger partial charge in [-0.05, 0) is 16.7 Å². The van der Waals surface area contributed by atoms with Gasteiger partial charge in [-0.15, -0.1) is 0 Å². The van der Waals surface area contributed by atoms with Crippen molar-refractivity contribution in [3.05, 3.63) is 60.2 Å². The number of hydrogen-bond acceptors (Lipinski definition) is 2. The molecule has 1 aliphatic heterocycles. The van der Waals surface area contributed by atoms with E-state index in [0.717, 1.165) is 11.1 Å². The molecule has 1 saturated heterocycles. The first kappa shape index (κ1) is 17.5. The molecular formula is C19H18F3NO2. The third kappa shape index (κ3) is 4.39. The third-order valence-electron chi connectivity index (χ3n) is 4.16. The molecule has 6 heteroatoms. The lowest BCUT2D eigenvalue weighted by molar-refractivity contribution is -0.164. The smallest absolute Gasteiger partial charge is 0.381 e. The second-order valence-corrected chi connectivity index (χ2v) is 6.14. The number of amides is 1. The van der Waals surface area contributed by atoms with Crippen LogP contribution in [0.25, 0.3) is 11.1 Å². The van der Waals surface area contributed by atoms with E-state index in [1.807, 2.05) is 30.3 Å². The van der Waals surface area contributed by atoms with Gasteiger partial charge >= 0.3 is 6.18 Å². The summed E-state index contributed by atoms with van der Waals surface area (Å²) in [6.07, 6.45) is -4.51. The van der Waals surface area contributed by atoms with Crippen LogP contribution in [0, 0.1) is 5.92 Å². The zero-order chi connectivity index (χ0) is 17.9. The summed E-state index contributed by atoms with van der Waals surface area (Å²) in [5, 5.41) is 2.11. The highest BCUT2D eigenvalue weighted by Crippen LogP contribution is 2.34. The van der Waals surface area contributed by atoms with E-state index in [0.29, 0.717) is 13.2 Å². The lowest BCUT2D eigenvalue weighted by Crippen LogP contribution is -2.41. The van der Waals surface area contributed by atoms with Crippen molar-refractivity contribution in [1.82, 2.24) is 5.32 Å². The Morgan fingerprint density at radius 3 is 2.16 bits per heavy atom. The molecule has 25 heavy (non-hydrogen) atoms. The van der Waals surface area contributed by atoms with Gasteiger partial charge in [-0.25, -0.2) is 0 Å². The number of rotatable bonds is 5. The molecule has 0 saturated carbocycles. The van der Waals surface area contributed by atoms with Gasteiger partial charge in [0.25, 0.3) is 0 Å². The summed E-state index contributed by atoms with van der Waals surface area (Å²) < 4.78 is 45.1. The quantitative estimate of drug-likeness (QED) is 0.882. The summed E-state index contributed by atoms with van der Waals surface area (Å²) in [5.74, 6) is -0.600. The van der Waals surface area contributed by atoms with Crippen LogP contribution >= 0.6 is 0 Å². The van der Waals surface area contributed by atoms with Gasteiger partial charge in [-0.3, -0.25) is 4.79 Å².